The third-order valence-corrected chi connectivity index (χ3v) is 3.38. The number of aliphatic carboxylic acids is 1. The summed E-state index contributed by atoms with van der Waals surface area (Å²) in [5.74, 6) is -1.16. The topological polar surface area (TPSA) is 57.5 Å². The first-order chi connectivity index (χ1) is 7.50. The molecule has 0 spiro atoms. The summed E-state index contributed by atoms with van der Waals surface area (Å²) in [5, 5.41) is 18.9. The second-order valence-corrected chi connectivity index (χ2v) is 4.77. The van der Waals surface area contributed by atoms with E-state index < -0.39 is 11.6 Å². The van der Waals surface area contributed by atoms with Crippen LogP contribution < -0.4 is 0 Å². The van der Waals surface area contributed by atoms with Crippen LogP contribution >= 0.6 is 0 Å². The normalized spacial score (nSPS) is 28.5. The fraction of sp³-hybridized carbons (Fsp3) is 0.462. The van der Waals surface area contributed by atoms with Crippen molar-refractivity contribution < 1.29 is 15.0 Å². The van der Waals surface area contributed by atoms with Crippen LogP contribution in [0, 0.1) is 12.8 Å². The van der Waals surface area contributed by atoms with Gasteiger partial charge in [-0.2, -0.15) is 0 Å². The van der Waals surface area contributed by atoms with Gasteiger partial charge in [0, 0.05) is 6.42 Å². The van der Waals surface area contributed by atoms with E-state index in [9.17, 15) is 9.90 Å². The van der Waals surface area contributed by atoms with Crippen molar-refractivity contribution in [1.82, 2.24) is 0 Å². The molecular formula is C13H16O3. The van der Waals surface area contributed by atoms with Crippen molar-refractivity contribution in [2.24, 2.45) is 5.92 Å². The van der Waals surface area contributed by atoms with Gasteiger partial charge in [-0.05, 0) is 30.9 Å². The van der Waals surface area contributed by atoms with Crippen molar-refractivity contribution in [2.45, 2.75) is 31.8 Å². The van der Waals surface area contributed by atoms with E-state index in [1.807, 2.05) is 31.2 Å². The minimum atomic E-state index is -0.810. The molecule has 0 saturated heterocycles. The fourth-order valence-electron chi connectivity index (χ4n) is 2.34. The molecule has 16 heavy (non-hydrogen) atoms. The maximum atomic E-state index is 10.7. The van der Waals surface area contributed by atoms with E-state index in [1.165, 1.54) is 0 Å². The molecule has 2 rings (SSSR count). The average molecular weight is 220 g/mol. The highest BCUT2D eigenvalue weighted by Gasteiger charge is 2.46. The summed E-state index contributed by atoms with van der Waals surface area (Å²) in [6.45, 7) is 2.01. The van der Waals surface area contributed by atoms with E-state index in [4.69, 9.17) is 5.11 Å². The molecule has 1 aliphatic carbocycles. The predicted molar refractivity (Wildman–Crippen MR) is 60.2 cm³/mol. The molecule has 1 aromatic rings. The van der Waals surface area contributed by atoms with Gasteiger partial charge in [0.1, 0.15) is 0 Å². The van der Waals surface area contributed by atoms with Gasteiger partial charge in [-0.15, -0.1) is 0 Å². The number of benzene rings is 1. The van der Waals surface area contributed by atoms with Gasteiger partial charge in [-0.25, -0.2) is 0 Å². The van der Waals surface area contributed by atoms with Crippen LogP contribution in [-0.2, 0) is 11.2 Å². The molecule has 2 N–H and O–H groups in total. The van der Waals surface area contributed by atoms with E-state index >= 15 is 0 Å². The lowest BCUT2D eigenvalue weighted by Crippen LogP contribution is -2.48. The Morgan fingerprint density at radius 1 is 1.44 bits per heavy atom. The van der Waals surface area contributed by atoms with Crippen LogP contribution in [0.15, 0.2) is 24.3 Å². The summed E-state index contributed by atoms with van der Waals surface area (Å²) in [5.41, 5.74) is 1.44. The maximum absolute atomic E-state index is 10.7. The molecule has 1 aromatic carbocycles. The molecule has 0 radical (unpaired) electrons. The lowest BCUT2D eigenvalue weighted by molar-refractivity contribution is -0.158. The lowest BCUT2D eigenvalue weighted by atomic mass is 9.68. The van der Waals surface area contributed by atoms with Crippen LogP contribution in [0.1, 0.15) is 24.0 Å². The molecule has 0 atom stereocenters. The molecule has 0 bridgehead atoms. The van der Waals surface area contributed by atoms with Crippen molar-refractivity contribution in [3.8, 4) is 0 Å². The van der Waals surface area contributed by atoms with Gasteiger partial charge in [-0.3, -0.25) is 4.79 Å². The number of carboxylic acid groups (broad SMARTS) is 1. The smallest absolute Gasteiger partial charge is 0.306 e. The van der Waals surface area contributed by atoms with Crippen molar-refractivity contribution in [3.63, 3.8) is 0 Å². The molecule has 1 fully saturated rings. The highest BCUT2D eigenvalue weighted by atomic mass is 16.4. The predicted octanol–water partition coefficient (Wildman–Crippen LogP) is 1.76. The summed E-state index contributed by atoms with van der Waals surface area (Å²) in [4.78, 5) is 10.7. The zero-order valence-corrected chi connectivity index (χ0v) is 9.31. The molecule has 86 valence electrons. The van der Waals surface area contributed by atoms with E-state index in [0.29, 0.717) is 19.3 Å². The van der Waals surface area contributed by atoms with Crippen LogP contribution in [0.4, 0.5) is 0 Å². The zero-order chi connectivity index (χ0) is 11.8. The Balaban J connectivity index is 2.02. The van der Waals surface area contributed by atoms with Crippen molar-refractivity contribution in [3.05, 3.63) is 35.4 Å². The Kier molecular flexibility index (Phi) is 2.72. The Bertz CT molecular complexity index is 405. The first kappa shape index (κ1) is 11.1. The van der Waals surface area contributed by atoms with E-state index in [2.05, 4.69) is 0 Å². The molecule has 0 amide bonds. The van der Waals surface area contributed by atoms with Gasteiger partial charge in [0.2, 0.25) is 0 Å². The number of rotatable bonds is 3. The molecule has 1 saturated carbocycles. The second kappa shape index (κ2) is 3.91. The Hall–Kier alpha value is -1.35. The first-order valence-corrected chi connectivity index (χ1v) is 5.50. The Morgan fingerprint density at radius 2 is 2.06 bits per heavy atom. The quantitative estimate of drug-likeness (QED) is 0.816. The number of carbonyl (C=O) groups is 1. The summed E-state index contributed by atoms with van der Waals surface area (Å²) in [6, 6.07) is 7.90. The molecule has 0 heterocycles. The van der Waals surface area contributed by atoms with E-state index in [1.54, 1.807) is 0 Å². The fourth-order valence-corrected chi connectivity index (χ4v) is 2.34. The summed E-state index contributed by atoms with van der Waals surface area (Å²) in [6.07, 6.45) is 1.30. The van der Waals surface area contributed by atoms with Crippen molar-refractivity contribution in [2.75, 3.05) is 0 Å². The van der Waals surface area contributed by atoms with Crippen molar-refractivity contribution >= 4 is 5.97 Å². The van der Waals surface area contributed by atoms with Gasteiger partial charge >= 0.3 is 5.97 Å². The molecule has 3 nitrogen and oxygen atoms in total. The Morgan fingerprint density at radius 3 is 2.62 bits per heavy atom. The standard InChI is InChI=1S/C13H16O3/c1-9-4-2-3-5-10(9)6-13(16)7-11(8-13)12(14)15/h2-5,11,16H,6-8H2,1H3,(H,14,15). The van der Waals surface area contributed by atoms with Gasteiger partial charge in [0.25, 0.3) is 0 Å². The molecule has 3 heteroatoms. The highest BCUT2D eigenvalue weighted by Crippen LogP contribution is 2.40. The van der Waals surface area contributed by atoms with Crippen LogP contribution in [0.25, 0.3) is 0 Å². The zero-order valence-electron chi connectivity index (χ0n) is 9.31. The third-order valence-electron chi connectivity index (χ3n) is 3.38. The molecule has 0 aromatic heterocycles. The van der Waals surface area contributed by atoms with Gasteiger partial charge in [0.15, 0.2) is 0 Å². The van der Waals surface area contributed by atoms with Crippen molar-refractivity contribution in [1.29, 1.82) is 0 Å². The van der Waals surface area contributed by atoms with Gasteiger partial charge < -0.3 is 10.2 Å². The lowest BCUT2D eigenvalue weighted by Gasteiger charge is -2.41. The summed E-state index contributed by atoms with van der Waals surface area (Å²) < 4.78 is 0. The number of hydrogen-bond donors (Lipinski definition) is 2. The van der Waals surface area contributed by atoms with E-state index in [0.717, 1.165) is 11.1 Å². The van der Waals surface area contributed by atoms with Crippen LogP contribution in [-0.4, -0.2) is 21.8 Å². The monoisotopic (exact) mass is 220 g/mol. The molecule has 1 aliphatic rings. The average Bonchev–Trinajstić information content (AvgIpc) is 2.17. The summed E-state index contributed by atoms with van der Waals surface area (Å²) >= 11 is 0. The van der Waals surface area contributed by atoms with Crippen LogP contribution in [0.5, 0.6) is 0 Å². The minimum absolute atomic E-state index is 0.367. The van der Waals surface area contributed by atoms with E-state index in [-0.39, 0.29) is 5.92 Å². The first-order valence-electron chi connectivity index (χ1n) is 5.50. The number of aliphatic hydroxyl groups is 1. The van der Waals surface area contributed by atoms with Gasteiger partial charge in [-0.1, -0.05) is 24.3 Å². The molecule has 0 unspecified atom stereocenters. The third kappa shape index (κ3) is 2.09. The van der Waals surface area contributed by atoms with Gasteiger partial charge in [0.05, 0.1) is 11.5 Å². The van der Waals surface area contributed by atoms with Crippen LogP contribution in [0.2, 0.25) is 0 Å². The largest absolute Gasteiger partial charge is 0.481 e. The number of hydrogen-bond acceptors (Lipinski definition) is 2. The summed E-state index contributed by atoms with van der Waals surface area (Å²) in [7, 11) is 0. The van der Waals surface area contributed by atoms with Crippen LogP contribution in [0.3, 0.4) is 0 Å². The molecular weight excluding hydrogens is 204 g/mol. The second-order valence-electron chi connectivity index (χ2n) is 4.77. The minimum Gasteiger partial charge on any atom is -0.481 e. The number of aryl methyl sites for hydroxylation is 1. The maximum Gasteiger partial charge on any atom is 0.306 e. The molecule has 0 aliphatic heterocycles. The SMILES string of the molecule is Cc1ccccc1CC1(O)CC(C(=O)O)C1. The Labute approximate surface area is 94.7 Å². The number of carboxylic acids is 1. The highest BCUT2D eigenvalue weighted by molar-refractivity contribution is 5.71.